The maximum Gasteiger partial charge on any atom is 0.119 e. The van der Waals surface area contributed by atoms with Gasteiger partial charge in [0.05, 0.1) is 7.11 Å². The van der Waals surface area contributed by atoms with Crippen LogP contribution in [0.15, 0.2) is 54.6 Å². The third kappa shape index (κ3) is 5.48. The van der Waals surface area contributed by atoms with Gasteiger partial charge in [0.2, 0.25) is 0 Å². The van der Waals surface area contributed by atoms with E-state index in [1.54, 1.807) is 7.11 Å². The molecule has 2 aromatic carbocycles. The van der Waals surface area contributed by atoms with E-state index in [-0.39, 0.29) is 12.6 Å². The number of hydrogen-bond acceptors (Lipinski definition) is 4. The summed E-state index contributed by atoms with van der Waals surface area (Å²) in [5, 5.41) is 10.5. The lowest BCUT2D eigenvalue weighted by Crippen LogP contribution is -2.38. The van der Waals surface area contributed by atoms with Crippen LogP contribution in [0, 0.1) is 5.92 Å². The second kappa shape index (κ2) is 9.06. The highest BCUT2D eigenvalue weighted by atomic mass is 16.5. The van der Waals surface area contributed by atoms with E-state index in [9.17, 15) is 5.11 Å². The molecule has 2 unspecified atom stereocenters. The van der Waals surface area contributed by atoms with E-state index in [0.29, 0.717) is 6.54 Å². The second-order valence-electron chi connectivity index (χ2n) is 7.12. The predicted molar refractivity (Wildman–Crippen MR) is 104 cm³/mol. The van der Waals surface area contributed by atoms with Gasteiger partial charge in [-0.1, -0.05) is 30.3 Å². The largest absolute Gasteiger partial charge is 0.497 e. The molecule has 0 spiro atoms. The maximum absolute atomic E-state index is 10.5. The Hall–Kier alpha value is -2.04. The number of benzene rings is 2. The first kappa shape index (κ1) is 18.7. The predicted octanol–water partition coefficient (Wildman–Crippen LogP) is 3.91. The summed E-state index contributed by atoms with van der Waals surface area (Å²) in [6.07, 6.45) is 2.08. The van der Waals surface area contributed by atoms with Crippen LogP contribution in [-0.4, -0.2) is 42.9 Å². The van der Waals surface area contributed by atoms with Gasteiger partial charge in [-0.05, 0) is 55.5 Å². The minimum absolute atomic E-state index is 0.285. The van der Waals surface area contributed by atoms with Gasteiger partial charge in [0.15, 0.2) is 0 Å². The summed E-state index contributed by atoms with van der Waals surface area (Å²) in [4.78, 5) is 2.38. The van der Waals surface area contributed by atoms with Crippen LogP contribution in [-0.2, 0) is 0 Å². The second-order valence-corrected chi connectivity index (χ2v) is 7.12. The lowest BCUT2D eigenvalue weighted by molar-refractivity contribution is 0.0524. The lowest BCUT2D eigenvalue weighted by Gasteiger charge is -2.31. The summed E-state index contributed by atoms with van der Waals surface area (Å²) in [7, 11) is 1.64. The number of methoxy groups -OCH3 is 1. The standard InChI is InChI=1S/C22H29NO3/c1-17(19-6-4-3-5-7-19)23(14-18-8-9-18)15-20(24)16-26-22-12-10-21(25-2)11-13-22/h3-7,10-13,17-18,20,24H,8-9,14-16H2,1-2H3. The molecule has 2 aromatic rings. The van der Waals surface area contributed by atoms with E-state index >= 15 is 0 Å². The average Bonchev–Trinajstić information content (AvgIpc) is 3.50. The van der Waals surface area contributed by atoms with Crippen molar-refractivity contribution in [3.8, 4) is 11.5 Å². The number of rotatable bonds is 10. The number of hydrogen-bond donors (Lipinski definition) is 1. The van der Waals surface area contributed by atoms with Gasteiger partial charge in [-0.2, -0.15) is 0 Å². The highest BCUT2D eigenvalue weighted by Crippen LogP contribution is 2.32. The molecule has 0 amide bonds. The number of ether oxygens (including phenoxy) is 2. The Morgan fingerprint density at radius 3 is 2.31 bits per heavy atom. The zero-order chi connectivity index (χ0) is 18.4. The van der Waals surface area contributed by atoms with Gasteiger partial charge < -0.3 is 14.6 Å². The molecule has 0 aliphatic heterocycles. The minimum atomic E-state index is -0.526. The van der Waals surface area contributed by atoms with Crippen molar-refractivity contribution in [1.29, 1.82) is 0 Å². The molecule has 0 radical (unpaired) electrons. The van der Waals surface area contributed by atoms with Crippen molar-refractivity contribution >= 4 is 0 Å². The Kier molecular flexibility index (Phi) is 6.53. The fraction of sp³-hybridized carbons (Fsp3) is 0.455. The first-order valence-electron chi connectivity index (χ1n) is 9.39. The fourth-order valence-corrected chi connectivity index (χ4v) is 3.15. The first-order chi connectivity index (χ1) is 12.7. The third-order valence-electron chi connectivity index (χ3n) is 4.97. The Morgan fingerprint density at radius 2 is 1.69 bits per heavy atom. The summed E-state index contributed by atoms with van der Waals surface area (Å²) in [5.74, 6) is 2.32. The molecule has 2 atom stereocenters. The van der Waals surface area contributed by atoms with Crippen LogP contribution >= 0.6 is 0 Å². The van der Waals surface area contributed by atoms with Crippen LogP contribution in [0.4, 0.5) is 0 Å². The Morgan fingerprint density at radius 1 is 1.04 bits per heavy atom. The van der Waals surface area contributed by atoms with Crippen molar-refractivity contribution in [2.45, 2.75) is 31.9 Å². The van der Waals surface area contributed by atoms with E-state index in [4.69, 9.17) is 9.47 Å². The third-order valence-corrected chi connectivity index (χ3v) is 4.97. The molecule has 3 rings (SSSR count). The van der Waals surface area contributed by atoms with Crippen LogP contribution in [0.1, 0.15) is 31.4 Å². The highest BCUT2D eigenvalue weighted by Gasteiger charge is 2.28. The SMILES string of the molecule is COc1ccc(OCC(O)CN(CC2CC2)C(C)c2ccccc2)cc1. The molecular formula is C22H29NO3. The van der Waals surface area contributed by atoms with Crippen LogP contribution in [0.5, 0.6) is 11.5 Å². The van der Waals surface area contributed by atoms with Crippen molar-refractivity contribution < 1.29 is 14.6 Å². The van der Waals surface area contributed by atoms with E-state index < -0.39 is 6.10 Å². The normalized spacial score (nSPS) is 16.3. The Bertz CT molecular complexity index is 655. The summed E-state index contributed by atoms with van der Waals surface area (Å²) < 4.78 is 10.9. The molecule has 0 heterocycles. The number of aliphatic hydroxyl groups is 1. The van der Waals surface area contributed by atoms with Gasteiger partial charge in [0, 0.05) is 19.1 Å². The monoisotopic (exact) mass is 355 g/mol. The molecule has 1 aliphatic carbocycles. The van der Waals surface area contributed by atoms with Gasteiger partial charge in [-0.25, -0.2) is 0 Å². The zero-order valence-corrected chi connectivity index (χ0v) is 15.7. The van der Waals surface area contributed by atoms with Gasteiger partial charge in [0.25, 0.3) is 0 Å². The van der Waals surface area contributed by atoms with Crippen LogP contribution in [0.25, 0.3) is 0 Å². The van der Waals surface area contributed by atoms with Crippen LogP contribution < -0.4 is 9.47 Å². The Labute approximate surface area is 156 Å². The molecule has 1 aliphatic rings. The highest BCUT2D eigenvalue weighted by molar-refractivity contribution is 5.31. The van der Waals surface area contributed by atoms with Crippen molar-refractivity contribution in [3.63, 3.8) is 0 Å². The van der Waals surface area contributed by atoms with Crippen molar-refractivity contribution in [2.24, 2.45) is 5.92 Å². The van der Waals surface area contributed by atoms with Gasteiger partial charge in [0.1, 0.15) is 24.2 Å². The Balaban J connectivity index is 1.55. The lowest BCUT2D eigenvalue weighted by atomic mass is 10.1. The van der Waals surface area contributed by atoms with E-state index in [0.717, 1.165) is 24.0 Å². The van der Waals surface area contributed by atoms with Gasteiger partial charge in [-0.15, -0.1) is 0 Å². The van der Waals surface area contributed by atoms with Crippen molar-refractivity contribution in [2.75, 3.05) is 26.8 Å². The van der Waals surface area contributed by atoms with Gasteiger partial charge in [-0.3, -0.25) is 4.90 Å². The van der Waals surface area contributed by atoms with Crippen molar-refractivity contribution in [1.82, 2.24) is 4.90 Å². The first-order valence-corrected chi connectivity index (χ1v) is 9.39. The molecule has 1 N–H and O–H groups in total. The molecule has 1 saturated carbocycles. The van der Waals surface area contributed by atoms with Crippen molar-refractivity contribution in [3.05, 3.63) is 60.2 Å². The van der Waals surface area contributed by atoms with Crippen LogP contribution in [0.2, 0.25) is 0 Å². The molecule has 0 saturated heterocycles. The summed E-state index contributed by atoms with van der Waals surface area (Å²) >= 11 is 0. The topological polar surface area (TPSA) is 41.9 Å². The zero-order valence-electron chi connectivity index (χ0n) is 15.7. The maximum atomic E-state index is 10.5. The molecule has 4 heteroatoms. The molecule has 4 nitrogen and oxygen atoms in total. The molecule has 26 heavy (non-hydrogen) atoms. The molecule has 1 fully saturated rings. The average molecular weight is 355 g/mol. The van der Waals surface area contributed by atoms with Crippen LogP contribution in [0.3, 0.4) is 0 Å². The number of nitrogens with zero attached hydrogens (tertiary/aromatic N) is 1. The van der Waals surface area contributed by atoms with E-state index in [1.165, 1.54) is 18.4 Å². The molecule has 0 bridgehead atoms. The van der Waals surface area contributed by atoms with Gasteiger partial charge >= 0.3 is 0 Å². The molecular weight excluding hydrogens is 326 g/mol. The number of aliphatic hydroxyl groups excluding tert-OH is 1. The summed E-state index contributed by atoms with van der Waals surface area (Å²) in [6, 6.07) is 18.2. The summed E-state index contributed by atoms with van der Waals surface area (Å²) in [5.41, 5.74) is 1.29. The fourth-order valence-electron chi connectivity index (χ4n) is 3.15. The molecule has 140 valence electrons. The molecule has 0 aromatic heterocycles. The smallest absolute Gasteiger partial charge is 0.119 e. The minimum Gasteiger partial charge on any atom is -0.497 e. The van der Waals surface area contributed by atoms with E-state index in [2.05, 4.69) is 36.1 Å². The quantitative estimate of drug-likeness (QED) is 0.702. The van der Waals surface area contributed by atoms with E-state index in [1.807, 2.05) is 30.3 Å². The summed E-state index contributed by atoms with van der Waals surface area (Å²) in [6.45, 7) is 4.15.